The van der Waals surface area contributed by atoms with E-state index in [0.717, 1.165) is 6.61 Å². The molecular formula is C13H28N2O. The topological polar surface area (TPSA) is 15.7 Å². The van der Waals surface area contributed by atoms with Gasteiger partial charge in [-0.3, -0.25) is 4.90 Å². The number of hydrogen-bond donors (Lipinski definition) is 0. The molecule has 16 heavy (non-hydrogen) atoms. The molecule has 0 spiro atoms. The normalized spacial score (nSPS) is 19.5. The molecule has 0 N–H and O–H groups in total. The van der Waals surface area contributed by atoms with Gasteiger partial charge in [-0.1, -0.05) is 0 Å². The fourth-order valence-electron chi connectivity index (χ4n) is 2.26. The van der Waals surface area contributed by atoms with E-state index in [1.807, 2.05) is 0 Å². The van der Waals surface area contributed by atoms with E-state index < -0.39 is 0 Å². The van der Waals surface area contributed by atoms with Crippen LogP contribution in [0.1, 0.15) is 33.1 Å². The first kappa shape index (κ1) is 13.9. The Morgan fingerprint density at radius 2 is 1.69 bits per heavy atom. The van der Waals surface area contributed by atoms with Gasteiger partial charge >= 0.3 is 0 Å². The van der Waals surface area contributed by atoms with Crippen molar-refractivity contribution in [3.63, 3.8) is 0 Å². The number of unbranched alkanes of at least 4 members (excludes halogenated alkanes) is 2. The van der Waals surface area contributed by atoms with Crippen LogP contribution in [-0.2, 0) is 4.74 Å². The molecule has 0 bridgehead atoms. The standard InChI is InChI=1S/C13H28N2O/c1-13(2)15-10-8-14(9-11-15)7-5-4-6-12-16-3/h13H,4-12H2,1-3H3. The summed E-state index contributed by atoms with van der Waals surface area (Å²) in [6.07, 6.45) is 3.84. The largest absolute Gasteiger partial charge is 0.385 e. The molecular weight excluding hydrogens is 200 g/mol. The minimum atomic E-state index is 0.712. The van der Waals surface area contributed by atoms with Crippen LogP contribution in [0.3, 0.4) is 0 Å². The molecule has 0 amide bonds. The zero-order chi connectivity index (χ0) is 11.8. The second kappa shape index (κ2) is 8.04. The second-order valence-electron chi connectivity index (χ2n) is 5.02. The van der Waals surface area contributed by atoms with Crippen molar-refractivity contribution >= 4 is 0 Å². The van der Waals surface area contributed by atoms with Crippen LogP contribution in [0.4, 0.5) is 0 Å². The van der Waals surface area contributed by atoms with Crippen molar-refractivity contribution in [2.45, 2.75) is 39.2 Å². The molecule has 3 heteroatoms. The zero-order valence-electron chi connectivity index (χ0n) is 11.2. The van der Waals surface area contributed by atoms with E-state index in [-0.39, 0.29) is 0 Å². The highest BCUT2D eigenvalue weighted by atomic mass is 16.5. The molecule has 1 rings (SSSR count). The van der Waals surface area contributed by atoms with Crippen LogP contribution < -0.4 is 0 Å². The van der Waals surface area contributed by atoms with Gasteiger partial charge in [0.15, 0.2) is 0 Å². The van der Waals surface area contributed by atoms with Gasteiger partial charge in [0, 0.05) is 45.9 Å². The minimum Gasteiger partial charge on any atom is -0.385 e. The molecule has 0 aromatic heterocycles. The molecule has 3 nitrogen and oxygen atoms in total. The third-order valence-corrected chi connectivity index (χ3v) is 3.46. The lowest BCUT2D eigenvalue weighted by Crippen LogP contribution is -2.48. The molecule has 0 radical (unpaired) electrons. The Bertz CT molecular complexity index is 165. The molecule has 0 aromatic carbocycles. The van der Waals surface area contributed by atoms with Crippen LogP contribution in [-0.4, -0.2) is 62.3 Å². The molecule has 1 fully saturated rings. The van der Waals surface area contributed by atoms with Gasteiger partial charge in [0.05, 0.1) is 0 Å². The van der Waals surface area contributed by atoms with Gasteiger partial charge < -0.3 is 9.64 Å². The van der Waals surface area contributed by atoms with Gasteiger partial charge in [-0.25, -0.2) is 0 Å². The van der Waals surface area contributed by atoms with Gasteiger partial charge in [0.25, 0.3) is 0 Å². The molecule has 0 unspecified atom stereocenters. The highest BCUT2D eigenvalue weighted by Crippen LogP contribution is 2.07. The second-order valence-corrected chi connectivity index (χ2v) is 5.02. The average Bonchev–Trinajstić information content (AvgIpc) is 2.29. The third-order valence-electron chi connectivity index (χ3n) is 3.46. The Balaban J connectivity index is 1.99. The summed E-state index contributed by atoms with van der Waals surface area (Å²) in [5.74, 6) is 0. The van der Waals surface area contributed by atoms with Gasteiger partial charge in [-0.05, 0) is 39.7 Å². The van der Waals surface area contributed by atoms with E-state index in [0.29, 0.717) is 6.04 Å². The number of methoxy groups -OCH3 is 1. The molecule has 1 saturated heterocycles. The van der Waals surface area contributed by atoms with Crippen molar-refractivity contribution in [1.29, 1.82) is 0 Å². The number of rotatable bonds is 7. The molecule has 1 aliphatic rings. The maximum atomic E-state index is 5.05. The first-order chi connectivity index (χ1) is 7.74. The quantitative estimate of drug-likeness (QED) is 0.618. The van der Waals surface area contributed by atoms with E-state index in [1.165, 1.54) is 52.0 Å². The van der Waals surface area contributed by atoms with Crippen LogP contribution in [0.25, 0.3) is 0 Å². The lowest BCUT2D eigenvalue weighted by Gasteiger charge is -2.36. The smallest absolute Gasteiger partial charge is 0.0462 e. The first-order valence-corrected chi connectivity index (χ1v) is 6.69. The van der Waals surface area contributed by atoms with Crippen molar-refractivity contribution in [3.8, 4) is 0 Å². The maximum absolute atomic E-state index is 5.05. The number of ether oxygens (including phenoxy) is 1. The van der Waals surface area contributed by atoms with E-state index in [4.69, 9.17) is 4.74 Å². The van der Waals surface area contributed by atoms with Crippen molar-refractivity contribution in [1.82, 2.24) is 9.80 Å². The summed E-state index contributed by atoms with van der Waals surface area (Å²) >= 11 is 0. The minimum absolute atomic E-state index is 0.712. The fraction of sp³-hybridized carbons (Fsp3) is 1.00. The van der Waals surface area contributed by atoms with Crippen LogP contribution in [0.2, 0.25) is 0 Å². The highest BCUT2D eigenvalue weighted by Gasteiger charge is 2.17. The summed E-state index contributed by atoms with van der Waals surface area (Å²) < 4.78 is 5.05. The molecule has 1 aliphatic heterocycles. The van der Waals surface area contributed by atoms with Crippen LogP contribution in [0.5, 0.6) is 0 Å². The monoisotopic (exact) mass is 228 g/mol. The predicted molar refractivity (Wildman–Crippen MR) is 68.9 cm³/mol. The Morgan fingerprint density at radius 3 is 2.25 bits per heavy atom. The highest BCUT2D eigenvalue weighted by molar-refractivity contribution is 4.73. The molecule has 0 aromatic rings. The third kappa shape index (κ3) is 5.28. The lowest BCUT2D eigenvalue weighted by atomic mass is 10.2. The Labute approximate surface area is 101 Å². The average molecular weight is 228 g/mol. The van der Waals surface area contributed by atoms with Gasteiger partial charge in [0.1, 0.15) is 0 Å². The Morgan fingerprint density at radius 1 is 1.00 bits per heavy atom. The van der Waals surface area contributed by atoms with Crippen molar-refractivity contribution in [2.24, 2.45) is 0 Å². The van der Waals surface area contributed by atoms with E-state index >= 15 is 0 Å². The van der Waals surface area contributed by atoms with E-state index in [1.54, 1.807) is 7.11 Å². The van der Waals surface area contributed by atoms with E-state index in [9.17, 15) is 0 Å². The summed E-state index contributed by atoms with van der Waals surface area (Å²) in [4.78, 5) is 5.17. The van der Waals surface area contributed by atoms with Crippen LogP contribution in [0.15, 0.2) is 0 Å². The van der Waals surface area contributed by atoms with Gasteiger partial charge in [-0.15, -0.1) is 0 Å². The van der Waals surface area contributed by atoms with Crippen LogP contribution >= 0.6 is 0 Å². The Kier molecular flexibility index (Phi) is 7.01. The van der Waals surface area contributed by atoms with Crippen LogP contribution in [0, 0.1) is 0 Å². The maximum Gasteiger partial charge on any atom is 0.0462 e. The molecule has 96 valence electrons. The lowest BCUT2D eigenvalue weighted by molar-refractivity contribution is 0.106. The van der Waals surface area contributed by atoms with Gasteiger partial charge in [0.2, 0.25) is 0 Å². The summed E-state index contributed by atoms with van der Waals surface area (Å²) in [6.45, 7) is 11.8. The predicted octanol–water partition coefficient (Wildman–Crippen LogP) is 1.83. The number of hydrogen-bond acceptors (Lipinski definition) is 3. The SMILES string of the molecule is COCCCCCN1CCN(C(C)C)CC1. The fourth-order valence-corrected chi connectivity index (χ4v) is 2.26. The summed E-state index contributed by atoms with van der Waals surface area (Å²) in [5.41, 5.74) is 0. The summed E-state index contributed by atoms with van der Waals surface area (Å²) in [7, 11) is 1.78. The molecule has 0 atom stereocenters. The molecule has 0 saturated carbocycles. The first-order valence-electron chi connectivity index (χ1n) is 6.69. The van der Waals surface area contributed by atoms with Crippen molar-refractivity contribution in [3.05, 3.63) is 0 Å². The summed E-state index contributed by atoms with van der Waals surface area (Å²) in [6, 6.07) is 0.712. The van der Waals surface area contributed by atoms with Crippen molar-refractivity contribution < 1.29 is 4.74 Å². The molecule has 0 aliphatic carbocycles. The molecule has 1 heterocycles. The Hall–Kier alpha value is -0.120. The zero-order valence-corrected chi connectivity index (χ0v) is 11.2. The number of nitrogens with zero attached hydrogens (tertiary/aromatic N) is 2. The van der Waals surface area contributed by atoms with Gasteiger partial charge in [-0.2, -0.15) is 0 Å². The van der Waals surface area contributed by atoms with Crippen molar-refractivity contribution in [2.75, 3.05) is 46.4 Å². The summed E-state index contributed by atoms with van der Waals surface area (Å²) in [5, 5.41) is 0. The number of piperazine rings is 1. The van der Waals surface area contributed by atoms with E-state index in [2.05, 4.69) is 23.6 Å².